The predicted molar refractivity (Wildman–Crippen MR) is 83.8 cm³/mol. The highest BCUT2D eigenvalue weighted by molar-refractivity contribution is 5.99. The van der Waals surface area contributed by atoms with Gasteiger partial charge in [0, 0.05) is 6.54 Å². The minimum atomic E-state index is -0.604. The van der Waals surface area contributed by atoms with Crippen molar-refractivity contribution in [2.75, 3.05) is 6.54 Å². The molecule has 0 aromatic heterocycles. The van der Waals surface area contributed by atoms with Crippen LogP contribution in [0.25, 0.3) is 0 Å². The van der Waals surface area contributed by atoms with Gasteiger partial charge in [-0.1, -0.05) is 39.0 Å². The SMILES string of the molecule is CCCCCCCCN1C(=O)C(C)NC(=O)C1(C)C1CC1. The van der Waals surface area contributed by atoms with E-state index in [1.807, 2.05) is 11.8 Å². The van der Waals surface area contributed by atoms with E-state index in [0.29, 0.717) is 5.92 Å². The third-order valence-electron chi connectivity index (χ3n) is 5.11. The van der Waals surface area contributed by atoms with E-state index in [4.69, 9.17) is 0 Å². The highest BCUT2D eigenvalue weighted by Gasteiger charge is 2.56. The summed E-state index contributed by atoms with van der Waals surface area (Å²) in [6, 6.07) is -0.371. The first kappa shape index (κ1) is 16.3. The first-order valence-corrected chi connectivity index (χ1v) is 8.64. The number of nitrogens with zero attached hydrogens (tertiary/aromatic N) is 1. The number of piperazine rings is 1. The number of hydrogen-bond donors (Lipinski definition) is 1. The molecule has 0 spiro atoms. The molecule has 0 bridgehead atoms. The van der Waals surface area contributed by atoms with Gasteiger partial charge >= 0.3 is 0 Å². The molecule has 1 heterocycles. The Bertz CT molecular complexity index is 392. The molecule has 2 amide bonds. The van der Waals surface area contributed by atoms with Gasteiger partial charge in [0.25, 0.3) is 0 Å². The Hall–Kier alpha value is -1.06. The summed E-state index contributed by atoms with van der Waals surface area (Å²) < 4.78 is 0. The molecule has 120 valence electrons. The van der Waals surface area contributed by atoms with Crippen LogP contribution in [0.5, 0.6) is 0 Å². The maximum absolute atomic E-state index is 12.5. The zero-order valence-corrected chi connectivity index (χ0v) is 13.8. The van der Waals surface area contributed by atoms with E-state index >= 15 is 0 Å². The van der Waals surface area contributed by atoms with Crippen LogP contribution in [0.2, 0.25) is 0 Å². The minimum absolute atomic E-state index is 0.0445. The summed E-state index contributed by atoms with van der Waals surface area (Å²) >= 11 is 0. The normalized spacial score (nSPS) is 29.7. The Kier molecular flexibility index (Phi) is 5.28. The summed E-state index contributed by atoms with van der Waals surface area (Å²) in [5.41, 5.74) is -0.604. The maximum Gasteiger partial charge on any atom is 0.246 e. The molecule has 2 fully saturated rings. The summed E-state index contributed by atoms with van der Waals surface area (Å²) in [4.78, 5) is 26.8. The van der Waals surface area contributed by atoms with Crippen LogP contribution in [0, 0.1) is 5.92 Å². The minimum Gasteiger partial charge on any atom is -0.343 e. The molecule has 0 radical (unpaired) electrons. The molecule has 1 aliphatic heterocycles. The summed E-state index contributed by atoms with van der Waals surface area (Å²) in [5.74, 6) is 0.495. The molecule has 2 unspecified atom stereocenters. The molecular weight excluding hydrogens is 264 g/mol. The van der Waals surface area contributed by atoms with E-state index in [1.54, 1.807) is 6.92 Å². The van der Waals surface area contributed by atoms with Crippen LogP contribution in [0.1, 0.15) is 72.1 Å². The molecule has 21 heavy (non-hydrogen) atoms. The Morgan fingerprint density at radius 3 is 2.38 bits per heavy atom. The lowest BCUT2D eigenvalue weighted by molar-refractivity contribution is -0.157. The van der Waals surface area contributed by atoms with Crippen LogP contribution >= 0.6 is 0 Å². The van der Waals surface area contributed by atoms with Crippen LogP contribution in [0.3, 0.4) is 0 Å². The van der Waals surface area contributed by atoms with Crippen molar-refractivity contribution in [3.63, 3.8) is 0 Å². The van der Waals surface area contributed by atoms with Crippen LogP contribution in [0.4, 0.5) is 0 Å². The Labute approximate surface area is 128 Å². The molecule has 2 atom stereocenters. The van der Waals surface area contributed by atoms with E-state index in [1.165, 1.54) is 25.7 Å². The number of hydrogen-bond acceptors (Lipinski definition) is 2. The van der Waals surface area contributed by atoms with Crippen molar-refractivity contribution in [2.45, 2.75) is 83.7 Å². The van der Waals surface area contributed by atoms with Gasteiger partial charge in [0.15, 0.2) is 0 Å². The maximum atomic E-state index is 12.5. The van der Waals surface area contributed by atoms with E-state index in [0.717, 1.165) is 32.2 Å². The molecule has 0 aromatic carbocycles. The number of nitrogens with one attached hydrogen (secondary N) is 1. The lowest BCUT2D eigenvalue weighted by atomic mass is 9.88. The first-order valence-electron chi connectivity index (χ1n) is 8.64. The lowest BCUT2D eigenvalue weighted by Crippen LogP contribution is -2.69. The second-order valence-electron chi connectivity index (χ2n) is 6.87. The standard InChI is InChI=1S/C17H30N2O2/c1-4-5-6-7-8-9-12-19-15(20)13(2)18-16(21)17(19,3)14-10-11-14/h13-14H,4-12H2,1-3H3,(H,18,21). The number of carbonyl (C=O) groups is 2. The lowest BCUT2D eigenvalue weighted by Gasteiger charge is -2.46. The van der Waals surface area contributed by atoms with E-state index in [9.17, 15) is 9.59 Å². The average Bonchev–Trinajstić information content (AvgIpc) is 3.28. The molecule has 1 N–H and O–H groups in total. The second kappa shape index (κ2) is 6.80. The fourth-order valence-corrected chi connectivity index (χ4v) is 3.43. The van der Waals surface area contributed by atoms with E-state index in [2.05, 4.69) is 12.2 Å². The quantitative estimate of drug-likeness (QED) is 0.700. The van der Waals surface area contributed by atoms with Gasteiger partial charge < -0.3 is 10.2 Å². The number of rotatable bonds is 8. The molecule has 1 saturated carbocycles. The van der Waals surface area contributed by atoms with Crippen molar-refractivity contribution in [1.82, 2.24) is 10.2 Å². The smallest absolute Gasteiger partial charge is 0.246 e. The topological polar surface area (TPSA) is 49.4 Å². The molecule has 2 aliphatic rings. The Balaban J connectivity index is 1.92. The molecule has 4 nitrogen and oxygen atoms in total. The van der Waals surface area contributed by atoms with Crippen LogP contribution in [-0.2, 0) is 9.59 Å². The van der Waals surface area contributed by atoms with Crippen molar-refractivity contribution in [2.24, 2.45) is 5.92 Å². The van der Waals surface area contributed by atoms with Gasteiger partial charge in [0.1, 0.15) is 11.6 Å². The van der Waals surface area contributed by atoms with Crippen molar-refractivity contribution < 1.29 is 9.59 Å². The predicted octanol–water partition coefficient (Wildman–Crippen LogP) is 2.86. The molecule has 1 saturated heterocycles. The Morgan fingerprint density at radius 1 is 1.14 bits per heavy atom. The molecule has 4 heteroatoms. The molecule has 1 aliphatic carbocycles. The fourth-order valence-electron chi connectivity index (χ4n) is 3.43. The van der Waals surface area contributed by atoms with Crippen molar-refractivity contribution in [3.8, 4) is 0 Å². The number of amides is 2. The zero-order chi connectivity index (χ0) is 15.5. The van der Waals surface area contributed by atoms with Crippen molar-refractivity contribution in [1.29, 1.82) is 0 Å². The summed E-state index contributed by atoms with van der Waals surface area (Å²) in [6.07, 6.45) is 9.36. The fraction of sp³-hybridized carbons (Fsp3) is 0.882. The van der Waals surface area contributed by atoms with Gasteiger partial charge in [-0.25, -0.2) is 0 Å². The van der Waals surface area contributed by atoms with Gasteiger partial charge in [0.2, 0.25) is 11.8 Å². The van der Waals surface area contributed by atoms with Crippen LogP contribution in [0.15, 0.2) is 0 Å². The Morgan fingerprint density at radius 2 is 1.76 bits per heavy atom. The van der Waals surface area contributed by atoms with Crippen LogP contribution < -0.4 is 5.32 Å². The first-order chi connectivity index (χ1) is 10.0. The van der Waals surface area contributed by atoms with E-state index in [-0.39, 0.29) is 17.9 Å². The summed E-state index contributed by atoms with van der Waals surface area (Å²) in [5, 5.41) is 2.86. The third-order valence-corrected chi connectivity index (χ3v) is 5.11. The summed E-state index contributed by atoms with van der Waals surface area (Å²) in [6.45, 7) is 6.70. The monoisotopic (exact) mass is 294 g/mol. The summed E-state index contributed by atoms with van der Waals surface area (Å²) in [7, 11) is 0. The van der Waals surface area contributed by atoms with Gasteiger partial charge in [-0.3, -0.25) is 9.59 Å². The third kappa shape index (κ3) is 3.41. The average molecular weight is 294 g/mol. The van der Waals surface area contributed by atoms with E-state index < -0.39 is 5.54 Å². The largest absolute Gasteiger partial charge is 0.343 e. The highest BCUT2D eigenvalue weighted by atomic mass is 16.2. The number of unbranched alkanes of at least 4 members (excludes halogenated alkanes) is 5. The number of carbonyl (C=O) groups excluding carboxylic acids is 2. The zero-order valence-electron chi connectivity index (χ0n) is 13.8. The van der Waals surface area contributed by atoms with Gasteiger partial charge in [-0.05, 0) is 39.0 Å². The van der Waals surface area contributed by atoms with Gasteiger partial charge in [-0.2, -0.15) is 0 Å². The molecule has 0 aromatic rings. The van der Waals surface area contributed by atoms with Crippen molar-refractivity contribution >= 4 is 11.8 Å². The second-order valence-corrected chi connectivity index (χ2v) is 6.87. The van der Waals surface area contributed by atoms with Gasteiger partial charge in [-0.15, -0.1) is 0 Å². The van der Waals surface area contributed by atoms with Gasteiger partial charge in [0.05, 0.1) is 0 Å². The van der Waals surface area contributed by atoms with Crippen molar-refractivity contribution in [3.05, 3.63) is 0 Å². The highest BCUT2D eigenvalue weighted by Crippen LogP contribution is 2.44. The molecule has 2 rings (SSSR count). The molecular formula is C17H30N2O2. The van der Waals surface area contributed by atoms with Crippen LogP contribution in [-0.4, -0.2) is 34.8 Å².